The van der Waals surface area contributed by atoms with Gasteiger partial charge in [0.05, 0.1) is 12.4 Å². The van der Waals surface area contributed by atoms with Crippen LogP contribution in [0.5, 0.6) is 0 Å². The van der Waals surface area contributed by atoms with Gasteiger partial charge in [-0.3, -0.25) is 4.90 Å². The molecule has 0 N–H and O–H groups in total. The highest BCUT2D eigenvalue weighted by Crippen LogP contribution is 2.22. The summed E-state index contributed by atoms with van der Waals surface area (Å²) in [5.74, 6) is 1.55. The normalized spacial score (nSPS) is 15.9. The molecule has 1 aromatic rings. The molecule has 0 fully saturated rings. The third-order valence-electron chi connectivity index (χ3n) is 6.35. The third-order valence-corrected chi connectivity index (χ3v) is 6.35. The van der Waals surface area contributed by atoms with E-state index in [0.29, 0.717) is 0 Å². The second kappa shape index (κ2) is 13.0. The molecule has 1 heterocycles. The van der Waals surface area contributed by atoms with E-state index < -0.39 is 0 Å². The maximum atomic E-state index is 4.53. The van der Waals surface area contributed by atoms with Crippen molar-refractivity contribution in [2.24, 2.45) is 11.8 Å². The zero-order valence-corrected chi connectivity index (χ0v) is 19.7. The Morgan fingerprint density at radius 1 is 1.00 bits per heavy atom. The molecular formula is C25H44N4. The number of nitrogens with zero attached hydrogens (tertiary/aromatic N) is 4. The Labute approximate surface area is 179 Å². The van der Waals surface area contributed by atoms with E-state index in [4.69, 9.17) is 0 Å². The molecule has 2 atom stereocenters. The van der Waals surface area contributed by atoms with E-state index in [1.54, 1.807) is 0 Å². The van der Waals surface area contributed by atoms with Gasteiger partial charge in [0.1, 0.15) is 5.69 Å². The lowest BCUT2D eigenvalue weighted by atomic mass is 9.96. The standard InChI is InChI=1S/C25H44N4/c1-6-10-14-22(8-3)18-28(19-23(9-4)15-11-7-2)20-29-25-17-21(5)13-12-16-24(25)26-27-29/h12,16-17,22-23H,6-11,13-15,18-20H2,1-5H3. The van der Waals surface area contributed by atoms with Gasteiger partial charge in [0.25, 0.3) is 0 Å². The van der Waals surface area contributed by atoms with Crippen LogP contribution in [-0.4, -0.2) is 33.0 Å². The van der Waals surface area contributed by atoms with Gasteiger partial charge in [0.2, 0.25) is 0 Å². The molecule has 164 valence electrons. The van der Waals surface area contributed by atoms with Gasteiger partial charge in [0, 0.05) is 13.1 Å². The fourth-order valence-electron chi connectivity index (χ4n) is 4.30. The molecule has 2 unspecified atom stereocenters. The fourth-order valence-corrected chi connectivity index (χ4v) is 4.30. The quantitative estimate of drug-likeness (QED) is 0.345. The van der Waals surface area contributed by atoms with Crippen LogP contribution in [0.25, 0.3) is 12.2 Å². The number of allylic oxidation sites excluding steroid dienone is 2. The van der Waals surface area contributed by atoms with Crippen LogP contribution in [0.15, 0.2) is 11.6 Å². The molecule has 0 aliphatic heterocycles. The molecule has 1 aliphatic rings. The molecule has 0 aromatic carbocycles. The first-order valence-corrected chi connectivity index (χ1v) is 12.1. The highest BCUT2D eigenvalue weighted by atomic mass is 15.5. The van der Waals surface area contributed by atoms with Crippen molar-refractivity contribution in [2.75, 3.05) is 13.1 Å². The molecular weight excluding hydrogens is 356 g/mol. The predicted octanol–water partition coefficient (Wildman–Crippen LogP) is 6.79. The maximum absolute atomic E-state index is 4.53. The summed E-state index contributed by atoms with van der Waals surface area (Å²) >= 11 is 0. The number of fused-ring (bicyclic) bond motifs is 1. The van der Waals surface area contributed by atoms with E-state index in [-0.39, 0.29) is 0 Å². The minimum atomic E-state index is 0.776. The van der Waals surface area contributed by atoms with Gasteiger partial charge < -0.3 is 0 Å². The van der Waals surface area contributed by atoms with Gasteiger partial charge >= 0.3 is 0 Å². The van der Waals surface area contributed by atoms with E-state index in [1.165, 1.54) is 75.7 Å². The molecule has 0 saturated carbocycles. The molecule has 29 heavy (non-hydrogen) atoms. The van der Waals surface area contributed by atoms with E-state index in [9.17, 15) is 0 Å². The van der Waals surface area contributed by atoms with Crippen LogP contribution in [0.2, 0.25) is 0 Å². The van der Waals surface area contributed by atoms with Gasteiger partial charge in [-0.05, 0) is 50.2 Å². The van der Waals surface area contributed by atoms with Crippen molar-refractivity contribution in [2.45, 2.75) is 99.1 Å². The molecule has 4 nitrogen and oxygen atoms in total. The summed E-state index contributed by atoms with van der Waals surface area (Å²) in [4.78, 5) is 2.67. The van der Waals surface area contributed by atoms with Gasteiger partial charge in [0.15, 0.2) is 0 Å². The van der Waals surface area contributed by atoms with Crippen LogP contribution in [0.3, 0.4) is 0 Å². The van der Waals surface area contributed by atoms with E-state index >= 15 is 0 Å². The Hall–Kier alpha value is -1.42. The lowest BCUT2D eigenvalue weighted by Crippen LogP contribution is -2.36. The summed E-state index contributed by atoms with van der Waals surface area (Å²) in [5, 5.41) is 8.99. The van der Waals surface area contributed by atoms with Crippen molar-refractivity contribution in [3.63, 3.8) is 0 Å². The summed E-state index contributed by atoms with van der Waals surface area (Å²) < 4.78 is 2.13. The summed E-state index contributed by atoms with van der Waals surface area (Å²) in [7, 11) is 0. The van der Waals surface area contributed by atoms with Crippen molar-refractivity contribution in [3.05, 3.63) is 23.0 Å². The van der Waals surface area contributed by atoms with Crippen LogP contribution >= 0.6 is 0 Å². The average Bonchev–Trinajstić information content (AvgIpc) is 2.97. The summed E-state index contributed by atoms with van der Waals surface area (Å²) in [6, 6.07) is 0. The summed E-state index contributed by atoms with van der Waals surface area (Å²) in [6.45, 7) is 14.7. The van der Waals surface area contributed by atoms with Gasteiger partial charge in [-0.2, -0.15) is 0 Å². The zero-order chi connectivity index (χ0) is 21.1. The smallest absolute Gasteiger partial charge is 0.112 e. The van der Waals surface area contributed by atoms with E-state index in [0.717, 1.165) is 30.6 Å². The average molecular weight is 401 g/mol. The highest BCUT2D eigenvalue weighted by molar-refractivity contribution is 5.63. The number of aromatic nitrogens is 3. The lowest BCUT2D eigenvalue weighted by molar-refractivity contribution is 0.137. The molecule has 0 radical (unpaired) electrons. The third kappa shape index (κ3) is 7.73. The van der Waals surface area contributed by atoms with Gasteiger partial charge in [-0.15, -0.1) is 5.10 Å². The van der Waals surface area contributed by atoms with Gasteiger partial charge in [-0.1, -0.05) is 83.1 Å². The Morgan fingerprint density at radius 2 is 1.62 bits per heavy atom. The van der Waals surface area contributed by atoms with Crippen LogP contribution < -0.4 is 0 Å². The topological polar surface area (TPSA) is 34.0 Å². The van der Waals surface area contributed by atoms with Crippen LogP contribution in [-0.2, 0) is 6.67 Å². The van der Waals surface area contributed by atoms with Gasteiger partial charge in [-0.25, -0.2) is 4.68 Å². The first-order valence-electron chi connectivity index (χ1n) is 12.1. The van der Waals surface area contributed by atoms with Crippen molar-refractivity contribution < 1.29 is 0 Å². The number of rotatable bonds is 14. The minimum absolute atomic E-state index is 0.776. The maximum Gasteiger partial charge on any atom is 0.112 e. The largest absolute Gasteiger partial charge is 0.284 e. The monoisotopic (exact) mass is 400 g/mol. The second-order valence-corrected chi connectivity index (χ2v) is 8.97. The van der Waals surface area contributed by atoms with Crippen molar-refractivity contribution >= 4 is 12.2 Å². The summed E-state index contributed by atoms with van der Waals surface area (Å²) in [5.41, 5.74) is 3.56. The highest BCUT2D eigenvalue weighted by Gasteiger charge is 2.20. The van der Waals surface area contributed by atoms with Crippen LogP contribution in [0.4, 0.5) is 0 Å². The molecule has 4 heteroatoms. The SMILES string of the molecule is CCCCC(CC)CN(CC(CC)CCCC)Cn1nnc2c1C=C(C)CC=C2. The number of hydrogen-bond donors (Lipinski definition) is 0. The lowest BCUT2D eigenvalue weighted by Gasteiger charge is -2.30. The second-order valence-electron chi connectivity index (χ2n) is 8.97. The molecule has 1 aliphatic carbocycles. The van der Waals surface area contributed by atoms with Crippen molar-refractivity contribution in [1.82, 2.24) is 19.9 Å². The van der Waals surface area contributed by atoms with Crippen molar-refractivity contribution in [3.8, 4) is 0 Å². The predicted molar refractivity (Wildman–Crippen MR) is 126 cm³/mol. The molecule has 0 saturated heterocycles. The van der Waals surface area contributed by atoms with Crippen LogP contribution in [0, 0.1) is 11.8 Å². The fraction of sp³-hybridized carbons (Fsp3) is 0.760. The number of hydrogen-bond acceptors (Lipinski definition) is 3. The van der Waals surface area contributed by atoms with E-state index in [2.05, 4.69) is 72.7 Å². The molecule has 0 amide bonds. The number of unbranched alkanes of at least 4 members (excludes halogenated alkanes) is 2. The molecule has 0 spiro atoms. The minimum Gasteiger partial charge on any atom is -0.284 e. The first-order chi connectivity index (χ1) is 14.1. The summed E-state index contributed by atoms with van der Waals surface area (Å²) in [6.07, 6.45) is 18.1. The Balaban J connectivity index is 2.17. The van der Waals surface area contributed by atoms with Crippen LogP contribution in [0.1, 0.15) is 104 Å². The zero-order valence-electron chi connectivity index (χ0n) is 19.7. The van der Waals surface area contributed by atoms with E-state index in [1.807, 2.05) is 0 Å². The Bertz CT molecular complexity index is 625. The Kier molecular flexibility index (Phi) is 10.7. The molecule has 0 bridgehead atoms. The molecule has 2 rings (SSSR count). The Morgan fingerprint density at radius 3 is 2.17 bits per heavy atom. The molecule has 1 aromatic heterocycles. The van der Waals surface area contributed by atoms with Crippen molar-refractivity contribution in [1.29, 1.82) is 0 Å². The first kappa shape index (κ1) is 23.9.